The van der Waals surface area contributed by atoms with Crippen LogP contribution in [0.3, 0.4) is 0 Å². The summed E-state index contributed by atoms with van der Waals surface area (Å²) in [5.74, 6) is 1.63. The zero-order valence-electron chi connectivity index (χ0n) is 14.2. The summed E-state index contributed by atoms with van der Waals surface area (Å²) in [7, 11) is 0. The second-order valence-electron chi connectivity index (χ2n) is 6.54. The number of nitrogens with zero attached hydrogens (tertiary/aromatic N) is 3. The van der Waals surface area contributed by atoms with Crippen molar-refractivity contribution in [2.75, 3.05) is 11.1 Å². The monoisotopic (exact) mass is 413 g/mol. The molecule has 1 fully saturated rings. The fraction of sp³-hybridized carbons (Fsp3) is 0.316. The van der Waals surface area contributed by atoms with Crippen LogP contribution in [0.2, 0.25) is 0 Å². The minimum atomic E-state index is 0.165. The van der Waals surface area contributed by atoms with Gasteiger partial charge in [-0.15, -0.1) is 0 Å². The second-order valence-corrected chi connectivity index (χ2v) is 7.46. The van der Waals surface area contributed by atoms with Gasteiger partial charge in [0, 0.05) is 40.9 Å². The number of ether oxygens (including phenoxy) is 1. The summed E-state index contributed by atoms with van der Waals surface area (Å²) in [4.78, 5) is 13.1. The molecule has 2 aromatic heterocycles. The van der Waals surface area contributed by atoms with Gasteiger partial charge in [0.2, 0.25) is 0 Å². The summed E-state index contributed by atoms with van der Waals surface area (Å²) in [6.07, 6.45) is 9.34. The van der Waals surface area contributed by atoms with Gasteiger partial charge in [-0.2, -0.15) is 0 Å². The topological polar surface area (TPSA) is 86.0 Å². The molecule has 3 aromatic rings. The molecule has 1 saturated carbocycles. The van der Waals surface area contributed by atoms with E-state index in [1.54, 1.807) is 12.4 Å². The van der Waals surface area contributed by atoms with Crippen LogP contribution >= 0.6 is 15.9 Å². The van der Waals surface area contributed by atoms with E-state index in [0.29, 0.717) is 11.7 Å². The third-order valence-electron chi connectivity index (χ3n) is 4.61. The first kappa shape index (κ1) is 17.0. The molecule has 1 aromatic carbocycles. The Balaban J connectivity index is 1.39. The Hall–Kier alpha value is -2.41. The predicted molar refractivity (Wildman–Crippen MR) is 106 cm³/mol. The number of benzene rings is 1. The van der Waals surface area contributed by atoms with Crippen LogP contribution in [0.25, 0.3) is 11.0 Å². The molecular formula is C19H20BrN5O. The summed E-state index contributed by atoms with van der Waals surface area (Å²) in [5.41, 5.74) is 8.15. The van der Waals surface area contributed by atoms with Crippen LogP contribution < -0.4 is 15.8 Å². The van der Waals surface area contributed by atoms with Crippen LogP contribution in [0.1, 0.15) is 25.7 Å². The number of pyridine rings is 1. The van der Waals surface area contributed by atoms with E-state index in [4.69, 9.17) is 10.5 Å². The van der Waals surface area contributed by atoms with Gasteiger partial charge in [-0.05, 0) is 59.8 Å². The van der Waals surface area contributed by atoms with E-state index in [2.05, 4.69) is 36.2 Å². The molecule has 2 heterocycles. The molecule has 1 aliphatic carbocycles. The zero-order chi connectivity index (χ0) is 17.9. The maximum Gasteiger partial charge on any atom is 0.149 e. The van der Waals surface area contributed by atoms with Gasteiger partial charge >= 0.3 is 0 Å². The van der Waals surface area contributed by atoms with Gasteiger partial charge in [0.05, 0.1) is 11.6 Å². The van der Waals surface area contributed by atoms with E-state index < -0.39 is 0 Å². The van der Waals surface area contributed by atoms with Crippen molar-refractivity contribution in [3.05, 3.63) is 47.3 Å². The fourth-order valence-corrected chi connectivity index (χ4v) is 3.56. The molecule has 0 bridgehead atoms. The SMILES string of the molecule is Nc1cc(OC2CCC(Nc3ccc(Br)cn3)CC2)c2nccnc2c1. The Bertz CT molecular complexity index is 894. The van der Waals surface area contributed by atoms with Gasteiger partial charge < -0.3 is 15.8 Å². The number of nitrogens with two attached hydrogens (primary N) is 1. The van der Waals surface area contributed by atoms with Crippen molar-refractivity contribution in [3.8, 4) is 5.75 Å². The van der Waals surface area contributed by atoms with Crippen LogP contribution in [0.5, 0.6) is 5.75 Å². The van der Waals surface area contributed by atoms with Crippen molar-refractivity contribution in [2.45, 2.75) is 37.8 Å². The Morgan fingerprint density at radius 1 is 1.04 bits per heavy atom. The van der Waals surface area contributed by atoms with Crippen LogP contribution in [-0.4, -0.2) is 27.1 Å². The minimum absolute atomic E-state index is 0.165. The summed E-state index contributed by atoms with van der Waals surface area (Å²) in [6, 6.07) is 8.06. The number of halogens is 1. The van der Waals surface area contributed by atoms with Crippen LogP contribution in [0.15, 0.2) is 47.3 Å². The van der Waals surface area contributed by atoms with Gasteiger partial charge in [0.15, 0.2) is 0 Å². The largest absolute Gasteiger partial charge is 0.488 e. The predicted octanol–water partition coefficient (Wildman–Crippen LogP) is 4.17. The molecule has 0 atom stereocenters. The maximum atomic E-state index is 6.23. The van der Waals surface area contributed by atoms with E-state index >= 15 is 0 Å². The Morgan fingerprint density at radius 2 is 1.85 bits per heavy atom. The number of hydrogen-bond acceptors (Lipinski definition) is 6. The van der Waals surface area contributed by atoms with Crippen molar-refractivity contribution >= 4 is 38.5 Å². The third-order valence-corrected chi connectivity index (χ3v) is 5.08. The number of nitrogen functional groups attached to an aromatic ring is 1. The first-order chi connectivity index (χ1) is 12.7. The molecule has 0 unspecified atom stereocenters. The highest BCUT2D eigenvalue weighted by molar-refractivity contribution is 9.10. The first-order valence-corrected chi connectivity index (χ1v) is 9.51. The summed E-state index contributed by atoms with van der Waals surface area (Å²) < 4.78 is 7.22. The molecule has 1 aliphatic rings. The minimum Gasteiger partial charge on any atom is -0.488 e. The molecule has 134 valence electrons. The number of fused-ring (bicyclic) bond motifs is 1. The van der Waals surface area contributed by atoms with E-state index in [1.807, 2.05) is 30.5 Å². The Morgan fingerprint density at radius 3 is 2.62 bits per heavy atom. The average molecular weight is 414 g/mol. The first-order valence-electron chi connectivity index (χ1n) is 8.72. The lowest BCUT2D eigenvalue weighted by Crippen LogP contribution is -2.31. The van der Waals surface area contributed by atoms with Gasteiger partial charge in [0.25, 0.3) is 0 Å². The number of anilines is 2. The number of hydrogen-bond donors (Lipinski definition) is 2. The van der Waals surface area contributed by atoms with Gasteiger partial charge in [-0.25, -0.2) is 9.97 Å². The van der Waals surface area contributed by atoms with E-state index in [0.717, 1.165) is 52.8 Å². The standard InChI is InChI=1S/C19H20BrN5O/c20-12-1-6-18(24-11-12)25-14-2-4-15(5-3-14)26-17-10-13(21)9-16-19(17)23-8-7-22-16/h1,6-11,14-15H,2-5,21H2,(H,24,25). The summed E-state index contributed by atoms with van der Waals surface area (Å²) >= 11 is 3.41. The fourth-order valence-electron chi connectivity index (χ4n) is 3.33. The molecule has 0 spiro atoms. The molecule has 0 radical (unpaired) electrons. The van der Waals surface area contributed by atoms with Crippen LogP contribution in [0, 0.1) is 0 Å². The number of nitrogens with one attached hydrogen (secondary N) is 1. The van der Waals surface area contributed by atoms with E-state index in [9.17, 15) is 0 Å². The molecule has 7 heteroatoms. The quantitative estimate of drug-likeness (QED) is 0.624. The smallest absolute Gasteiger partial charge is 0.149 e. The molecule has 3 N–H and O–H groups in total. The van der Waals surface area contributed by atoms with Gasteiger partial charge in [-0.3, -0.25) is 4.98 Å². The van der Waals surface area contributed by atoms with Crippen molar-refractivity contribution < 1.29 is 4.74 Å². The normalized spacial score (nSPS) is 20.0. The van der Waals surface area contributed by atoms with Crippen LogP contribution in [-0.2, 0) is 0 Å². The Kier molecular flexibility index (Phi) is 4.88. The van der Waals surface area contributed by atoms with E-state index in [1.165, 1.54) is 0 Å². The molecule has 0 amide bonds. The molecule has 26 heavy (non-hydrogen) atoms. The lowest BCUT2D eigenvalue weighted by molar-refractivity contribution is 0.152. The molecule has 0 saturated heterocycles. The number of rotatable bonds is 4. The lowest BCUT2D eigenvalue weighted by atomic mass is 9.93. The van der Waals surface area contributed by atoms with Crippen LogP contribution in [0.4, 0.5) is 11.5 Å². The highest BCUT2D eigenvalue weighted by Gasteiger charge is 2.23. The lowest BCUT2D eigenvalue weighted by Gasteiger charge is -2.30. The molecule has 4 rings (SSSR count). The van der Waals surface area contributed by atoms with Gasteiger partial charge in [-0.1, -0.05) is 0 Å². The maximum absolute atomic E-state index is 6.23. The second kappa shape index (κ2) is 7.45. The van der Waals surface area contributed by atoms with Crippen molar-refractivity contribution in [1.29, 1.82) is 0 Å². The number of aromatic nitrogens is 3. The van der Waals surface area contributed by atoms with Crippen molar-refractivity contribution in [2.24, 2.45) is 0 Å². The summed E-state index contributed by atoms with van der Waals surface area (Å²) in [6.45, 7) is 0. The Labute approximate surface area is 160 Å². The van der Waals surface area contributed by atoms with Crippen molar-refractivity contribution in [3.63, 3.8) is 0 Å². The third kappa shape index (κ3) is 3.88. The van der Waals surface area contributed by atoms with Crippen molar-refractivity contribution in [1.82, 2.24) is 15.0 Å². The van der Waals surface area contributed by atoms with E-state index in [-0.39, 0.29) is 6.10 Å². The molecule has 0 aliphatic heterocycles. The average Bonchev–Trinajstić information content (AvgIpc) is 2.65. The molecular weight excluding hydrogens is 394 g/mol. The highest BCUT2D eigenvalue weighted by Crippen LogP contribution is 2.30. The van der Waals surface area contributed by atoms with Gasteiger partial charge in [0.1, 0.15) is 17.1 Å². The zero-order valence-corrected chi connectivity index (χ0v) is 15.8. The summed E-state index contributed by atoms with van der Waals surface area (Å²) in [5, 5.41) is 3.50. The highest BCUT2D eigenvalue weighted by atomic mass is 79.9. The molecule has 6 nitrogen and oxygen atoms in total.